The SMILES string of the molecule is CC(=O)NC(CC(C)(C)C)C(=O)N1CCN(C(=O)C2CN(C(C)(C)C)CC2c2ccc(Cl)cn2)CC1. The summed E-state index contributed by atoms with van der Waals surface area (Å²) in [6.45, 7) is 17.4. The predicted molar refractivity (Wildman–Crippen MR) is 142 cm³/mol. The van der Waals surface area contributed by atoms with Crippen molar-refractivity contribution in [3.63, 3.8) is 0 Å². The van der Waals surface area contributed by atoms with E-state index in [1.807, 2.05) is 17.0 Å². The molecule has 3 heterocycles. The van der Waals surface area contributed by atoms with E-state index in [2.05, 4.69) is 56.7 Å². The van der Waals surface area contributed by atoms with E-state index in [1.165, 1.54) is 6.92 Å². The van der Waals surface area contributed by atoms with Gasteiger partial charge < -0.3 is 15.1 Å². The lowest BCUT2D eigenvalue weighted by Crippen LogP contribution is -2.57. The van der Waals surface area contributed by atoms with Crippen LogP contribution in [0.25, 0.3) is 0 Å². The summed E-state index contributed by atoms with van der Waals surface area (Å²) < 4.78 is 0. The maximum absolute atomic E-state index is 13.8. The standard InChI is InChI=1S/C27H42ClN5O3/c1-18(34)30-23(14-26(2,3)4)25(36)32-12-10-31(11-13-32)24(35)21-17-33(27(5,6)7)16-20(21)22-9-8-19(28)15-29-22/h8-9,15,20-21,23H,10-14,16-17H2,1-7H3,(H,30,34). The van der Waals surface area contributed by atoms with Crippen LogP contribution >= 0.6 is 11.6 Å². The van der Waals surface area contributed by atoms with Crippen molar-refractivity contribution in [1.82, 2.24) is 25.0 Å². The maximum Gasteiger partial charge on any atom is 0.245 e. The molecular weight excluding hydrogens is 478 g/mol. The van der Waals surface area contributed by atoms with Gasteiger partial charge in [-0.05, 0) is 44.7 Å². The van der Waals surface area contributed by atoms with E-state index in [4.69, 9.17) is 11.6 Å². The fourth-order valence-electron chi connectivity index (χ4n) is 5.17. The molecule has 0 spiro atoms. The summed E-state index contributed by atoms with van der Waals surface area (Å²) >= 11 is 6.06. The highest BCUT2D eigenvalue weighted by atomic mass is 35.5. The molecule has 1 aromatic heterocycles. The molecule has 3 amide bonds. The van der Waals surface area contributed by atoms with Gasteiger partial charge in [-0.1, -0.05) is 32.4 Å². The van der Waals surface area contributed by atoms with Crippen molar-refractivity contribution in [2.24, 2.45) is 11.3 Å². The van der Waals surface area contributed by atoms with Crippen LogP contribution in [0.3, 0.4) is 0 Å². The van der Waals surface area contributed by atoms with Crippen LogP contribution in [0.2, 0.25) is 5.02 Å². The number of nitrogens with one attached hydrogen (secondary N) is 1. The maximum atomic E-state index is 13.8. The highest BCUT2D eigenvalue weighted by Crippen LogP contribution is 2.37. The molecule has 1 N–H and O–H groups in total. The van der Waals surface area contributed by atoms with Gasteiger partial charge in [0.15, 0.2) is 0 Å². The van der Waals surface area contributed by atoms with Crippen molar-refractivity contribution in [2.45, 2.75) is 72.4 Å². The minimum absolute atomic E-state index is 0.00964. The van der Waals surface area contributed by atoms with Gasteiger partial charge in [-0.25, -0.2) is 0 Å². The van der Waals surface area contributed by atoms with Crippen LogP contribution in [0.1, 0.15) is 66.5 Å². The summed E-state index contributed by atoms with van der Waals surface area (Å²) in [6, 6.07) is 3.20. The molecule has 0 radical (unpaired) electrons. The van der Waals surface area contributed by atoms with Gasteiger partial charge in [0.25, 0.3) is 0 Å². The minimum atomic E-state index is -0.555. The number of pyridine rings is 1. The van der Waals surface area contributed by atoms with Crippen LogP contribution in [0.5, 0.6) is 0 Å². The monoisotopic (exact) mass is 519 g/mol. The quantitative estimate of drug-likeness (QED) is 0.646. The van der Waals surface area contributed by atoms with Crippen LogP contribution in [0.15, 0.2) is 18.3 Å². The Morgan fingerprint density at radius 1 is 1.03 bits per heavy atom. The molecule has 1 aromatic rings. The number of nitrogens with zero attached hydrogens (tertiary/aromatic N) is 4. The van der Waals surface area contributed by atoms with Crippen molar-refractivity contribution >= 4 is 29.3 Å². The van der Waals surface area contributed by atoms with Crippen LogP contribution in [0, 0.1) is 11.3 Å². The lowest BCUT2D eigenvalue weighted by atomic mass is 9.87. The fraction of sp³-hybridized carbons (Fsp3) is 0.704. The number of aromatic nitrogens is 1. The molecular formula is C27H42ClN5O3. The third-order valence-corrected chi connectivity index (χ3v) is 7.33. The fourth-order valence-corrected chi connectivity index (χ4v) is 5.28. The smallest absolute Gasteiger partial charge is 0.245 e. The van der Waals surface area contributed by atoms with Gasteiger partial charge >= 0.3 is 0 Å². The van der Waals surface area contributed by atoms with Crippen molar-refractivity contribution in [1.29, 1.82) is 0 Å². The molecule has 2 fully saturated rings. The van der Waals surface area contributed by atoms with E-state index >= 15 is 0 Å². The molecule has 9 heteroatoms. The zero-order valence-corrected chi connectivity index (χ0v) is 23.6. The molecule has 200 valence electrons. The number of carbonyl (C=O) groups excluding carboxylic acids is 3. The Kier molecular flexibility index (Phi) is 8.71. The van der Waals surface area contributed by atoms with Crippen molar-refractivity contribution in [3.8, 4) is 0 Å². The number of likely N-dealkylation sites (tertiary alicyclic amines) is 1. The van der Waals surface area contributed by atoms with Crippen LogP contribution < -0.4 is 5.32 Å². The van der Waals surface area contributed by atoms with E-state index in [-0.39, 0.29) is 40.5 Å². The normalized spacial score (nSPS) is 22.4. The average Bonchev–Trinajstić information content (AvgIpc) is 3.23. The molecule has 8 nitrogen and oxygen atoms in total. The van der Waals surface area contributed by atoms with Gasteiger partial charge in [-0.2, -0.15) is 0 Å². The molecule has 2 saturated heterocycles. The third kappa shape index (κ3) is 7.19. The third-order valence-electron chi connectivity index (χ3n) is 7.11. The van der Waals surface area contributed by atoms with Crippen LogP contribution in [0.4, 0.5) is 0 Å². The van der Waals surface area contributed by atoms with Crippen molar-refractivity contribution in [2.75, 3.05) is 39.3 Å². The molecule has 2 aliphatic rings. The Balaban J connectivity index is 1.69. The largest absolute Gasteiger partial charge is 0.345 e. The number of carbonyl (C=O) groups is 3. The summed E-state index contributed by atoms with van der Waals surface area (Å²) in [4.78, 5) is 49.3. The number of halogens is 1. The van der Waals surface area contributed by atoms with Crippen LogP contribution in [-0.2, 0) is 14.4 Å². The second kappa shape index (κ2) is 11.1. The van der Waals surface area contributed by atoms with Gasteiger partial charge in [0.05, 0.1) is 10.9 Å². The summed E-state index contributed by atoms with van der Waals surface area (Å²) in [6.07, 6.45) is 2.21. The summed E-state index contributed by atoms with van der Waals surface area (Å²) in [5.74, 6) is -0.380. The lowest BCUT2D eigenvalue weighted by Gasteiger charge is -2.39. The number of piperazine rings is 1. The van der Waals surface area contributed by atoms with Crippen LogP contribution in [-0.4, -0.2) is 88.3 Å². The zero-order chi connectivity index (χ0) is 26.8. The lowest BCUT2D eigenvalue weighted by molar-refractivity contribution is -0.144. The van der Waals surface area contributed by atoms with E-state index < -0.39 is 6.04 Å². The van der Waals surface area contributed by atoms with Gasteiger partial charge in [0.1, 0.15) is 6.04 Å². The van der Waals surface area contributed by atoms with Crippen molar-refractivity contribution in [3.05, 3.63) is 29.0 Å². The van der Waals surface area contributed by atoms with Gasteiger partial charge in [0, 0.05) is 69.5 Å². The average molecular weight is 520 g/mol. The van der Waals surface area contributed by atoms with Crippen molar-refractivity contribution < 1.29 is 14.4 Å². The zero-order valence-electron chi connectivity index (χ0n) is 22.8. The molecule has 0 aromatic carbocycles. The molecule has 3 rings (SSSR count). The van der Waals surface area contributed by atoms with E-state index in [1.54, 1.807) is 11.1 Å². The number of hydrogen-bond acceptors (Lipinski definition) is 5. The number of hydrogen-bond donors (Lipinski definition) is 1. The van der Waals surface area contributed by atoms with E-state index in [0.717, 1.165) is 12.2 Å². The highest BCUT2D eigenvalue weighted by Gasteiger charge is 2.44. The first kappa shape index (κ1) is 28.4. The van der Waals surface area contributed by atoms with E-state index in [9.17, 15) is 14.4 Å². The Bertz CT molecular complexity index is 946. The molecule has 2 aliphatic heterocycles. The second-order valence-electron chi connectivity index (χ2n) is 12.4. The topological polar surface area (TPSA) is 85.8 Å². The van der Waals surface area contributed by atoms with Gasteiger partial charge in [0.2, 0.25) is 17.7 Å². The molecule has 0 bridgehead atoms. The van der Waals surface area contributed by atoms with Gasteiger partial charge in [-0.15, -0.1) is 0 Å². The minimum Gasteiger partial charge on any atom is -0.345 e. The number of amides is 3. The first-order valence-corrected chi connectivity index (χ1v) is 13.2. The van der Waals surface area contributed by atoms with E-state index in [0.29, 0.717) is 44.2 Å². The highest BCUT2D eigenvalue weighted by molar-refractivity contribution is 6.30. The molecule has 36 heavy (non-hydrogen) atoms. The Hall–Kier alpha value is -2.19. The number of rotatable bonds is 5. The first-order chi connectivity index (χ1) is 16.7. The summed E-state index contributed by atoms with van der Waals surface area (Å²) in [5.41, 5.74) is 0.724. The Morgan fingerprint density at radius 3 is 2.14 bits per heavy atom. The Morgan fingerprint density at radius 2 is 1.64 bits per heavy atom. The molecule has 0 aliphatic carbocycles. The summed E-state index contributed by atoms with van der Waals surface area (Å²) in [5, 5.41) is 3.41. The molecule has 0 saturated carbocycles. The summed E-state index contributed by atoms with van der Waals surface area (Å²) in [7, 11) is 0. The Labute approximate surface area is 220 Å². The predicted octanol–water partition coefficient (Wildman–Crippen LogP) is 3.16. The van der Waals surface area contributed by atoms with Gasteiger partial charge in [-0.3, -0.25) is 24.3 Å². The second-order valence-corrected chi connectivity index (χ2v) is 12.8. The first-order valence-electron chi connectivity index (χ1n) is 12.9. The molecule has 3 unspecified atom stereocenters. The molecule has 3 atom stereocenters.